The number of halogens is 1. The van der Waals surface area contributed by atoms with Gasteiger partial charge < -0.3 is 9.88 Å². The number of carbonyl (C=O) groups is 2. The van der Waals surface area contributed by atoms with Crippen LogP contribution in [0.4, 0.5) is 4.39 Å². The van der Waals surface area contributed by atoms with Gasteiger partial charge in [-0.1, -0.05) is 12.1 Å². The topological polar surface area (TPSA) is 64.0 Å². The molecule has 0 spiro atoms. The van der Waals surface area contributed by atoms with Crippen molar-refractivity contribution < 1.29 is 14.0 Å². The minimum Gasteiger partial charge on any atom is -0.342 e. The SMILES string of the molecule is Cc1ccc(C(=O)CCC(=O)N[C@@H](c2cccc(F)c2)c2nccn2C)s1. The van der Waals surface area contributed by atoms with Crippen molar-refractivity contribution in [2.24, 2.45) is 7.05 Å². The lowest BCUT2D eigenvalue weighted by atomic mass is 10.1. The number of aromatic nitrogens is 2. The average molecular weight is 385 g/mol. The first kappa shape index (κ1) is 19.0. The van der Waals surface area contributed by atoms with E-state index < -0.39 is 6.04 Å². The molecule has 27 heavy (non-hydrogen) atoms. The van der Waals surface area contributed by atoms with E-state index in [4.69, 9.17) is 0 Å². The molecule has 3 aromatic rings. The van der Waals surface area contributed by atoms with Crippen molar-refractivity contribution in [3.8, 4) is 0 Å². The molecular weight excluding hydrogens is 365 g/mol. The summed E-state index contributed by atoms with van der Waals surface area (Å²) in [5.41, 5.74) is 0.595. The van der Waals surface area contributed by atoms with Crippen LogP contribution in [0.2, 0.25) is 0 Å². The van der Waals surface area contributed by atoms with Gasteiger partial charge in [0.05, 0.1) is 4.88 Å². The van der Waals surface area contributed by atoms with Gasteiger partial charge in [0.1, 0.15) is 17.7 Å². The van der Waals surface area contributed by atoms with Crippen molar-refractivity contribution >= 4 is 23.0 Å². The predicted octanol–water partition coefficient (Wildman–Crippen LogP) is 3.80. The minimum atomic E-state index is -0.590. The van der Waals surface area contributed by atoms with Crippen molar-refractivity contribution in [1.82, 2.24) is 14.9 Å². The van der Waals surface area contributed by atoms with Crippen LogP contribution in [0.3, 0.4) is 0 Å². The molecule has 0 saturated heterocycles. The molecule has 1 aromatic carbocycles. The first-order valence-corrected chi connectivity index (χ1v) is 9.37. The second-order valence-electron chi connectivity index (χ2n) is 6.29. The van der Waals surface area contributed by atoms with E-state index in [1.54, 1.807) is 35.2 Å². The molecule has 140 valence electrons. The average Bonchev–Trinajstić information content (AvgIpc) is 3.26. The lowest BCUT2D eigenvalue weighted by Gasteiger charge is -2.19. The van der Waals surface area contributed by atoms with E-state index in [0.717, 1.165) is 4.88 Å². The molecular formula is C20H20FN3O2S. The van der Waals surface area contributed by atoms with Gasteiger partial charge in [0.2, 0.25) is 5.91 Å². The zero-order valence-electron chi connectivity index (χ0n) is 15.1. The van der Waals surface area contributed by atoms with Gasteiger partial charge in [0, 0.05) is 37.2 Å². The standard InChI is InChI=1S/C20H20FN3O2S/c1-13-6-8-17(27-13)16(25)7-9-18(26)23-19(20-22-10-11-24(20)2)14-4-3-5-15(21)12-14/h3-6,8,10-12,19H,7,9H2,1-2H3,(H,23,26)/t19-/m0/s1. The van der Waals surface area contributed by atoms with E-state index in [-0.39, 0.29) is 30.3 Å². The lowest BCUT2D eigenvalue weighted by Crippen LogP contribution is -2.31. The normalized spacial score (nSPS) is 12.0. The van der Waals surface area contributed by atoms with Crippen LogP contribution in [0, 0.1) is 12.7 Å². The van der Waals surface area contributed by atoms with Crippen LogP contribution < -0.4 is 5.32 Å². The predicted molar refractivity (Wildman–Crippen MR) is 102 cm³/mol. The molecule has 1 amide bonds. The van der Waals surface area contributed by atoms with Gasteiger partial charge in [0.25, 0.3) is 0 Å². The lowest BCUT2D eigenvalue weighted by molar-refractivity contribution is -0.121. The summed E-state index contributed by atoms with van der Waals surface area (Å²) in [5.74, 6) is -0.130. The number of rotatable bonds is 7. The number of aryl methyl sites for hydroxylation is 2. The molecule has 0 unspecified atom stereocenters. The van der Waals surface area contributed by atoms with Gasteiger partial charge >= 0.3 is 0 Å². The van der Waals surface area contributed by atoms with E-state index in [0.29, 0.717) is 16.3 Å². The van der Waals surface area contributed by atoms with Crippen molar-refractivity contribution in [1.29, 1.82) is 0 Å². The maximum absolute atomic E-state index is 13.7. The van der Waals surface area contributed by atoms with Crippen LogP contribution in [0.25, 0.3) is 0 Å². The molecule has 1 N–H and O–H groups in total. The molecule has 0 radical (unpaired) electrons. The number of Topliss-reactive ketones (excluding diaryl/α,β-unsaturated/α-hetero) is 1. The number of ketones is 1. The number of hydrogen-bond donors (Lipinski definition) is 1. The Morgan fingerprint density at radius 1 is 1.26 bits per heavy atom. The summed E-state index contributed by atoms with van der Waals surface area (Å²) < 4.78 is 15.4. The Morgan fingerprint density at radius 3 is 2.70 bits per heavy atom. The minimum absolute atomic E-state index is 0.0532. The summed E-state index contributed by atoms with van der Waals surface area (Å²) in [7, 11) is 1.81. The smallest absolute Gasteiger partial charge is 0.221 e. The fourth-order valence-electron chi connectivity index (χ4n) is 2.81. The van der Waals surface area contributed by atoms with Crippen LogP contribution in [-0.2, 0) is 11.8 Å². The summed E-state index contributed by atoms with van der Waals surface area (Å²) in [6.45, 7) is 1.94. The van der Waals surface area contributed by atoms with Gasteiger partial charge in [-0.05, 0) is 36.8 Å². The number of benzene rings is 1. The van der Waals surface area contributed by atoms with Gasteiger partial charge in [-0.15, -0.1) is 11.3 Å². The maximum atomic E-state index is 13.7. The Morgan fingerprint density at radius 2 is 2.07 bits per heavy atom. The Kier molecular flexibility index (Phi) is 5.81. The van der Waals surface area contributed by atoms with Gasteiger partial charge in [-0.25, -0.2) is 9.37 Å². The third kappa shape index (κ3) is 4.68. The molecule has 0 bridgehead atoms. The first-order chi connectivity index (χ1) is 12.9. The summed E-state index contributed by atoms with van der Waals surface area (Å²) >= 11 is 1.42. The van der Waals surface area contributed by atoms with Gasteiger partial charge in [-0.3, -0.25) is 9.59 Å². The first-order valence-electron chi connectivity index (χ1n) is 8.55. The molecule has 1 atom stereocenters. The van der Waals surface area contributed by atoms with Crippen molar-refractivity contribution in [3.05, 3.63) is 75.8 Å². The van der Waals surface area contributed by atoms with Crippen molar-refractivity contribution in [2.45, 2.75) is 25.8 Å². The summed E-state index contributed by atoms with van der Waals surface area (Å²) in [5, 5.41) is 2.88. The molecule has 0 saturated carbocycles. The fraction of sp³-hybridized carbons (Fsp3) is 0.250. The monoisotopic (exact) mass is 385 g/mol. The second kappa shape index (κ2) is 8.26. The third-order valence-corrected chi connectivity index (χ3v) is 5.24. The Bertz CT molecular complexity index is 964. The number of imidazole rings is 1. The highest BCUT2D eigenvalue weighted by molar-refractivity contribution is 7.14. The molecule has 2 heterocycles. The molecule has 2 aromatic heterocycles. The Hall–Kier alpha value is -2.80. The van der Waals surface area contributed by atoms with E-state index in [1.807, 2.05) is 20.0 Å². The summed E-state index contributed by atoms with van der Waals surface area (Å²) in [6.07, 6.45) is 3.57. The fourth-order valence-corrected chi connectivity index (χ4v) is 3.64. The highest BCUT2D eigenvalue weighted by atomic mass is 32.1. The number of amides is 1. The molecule has 0 aliphatic heterocycles. The van der Waals surface area contributed by atoms with E-state index >= 15 is 0 Å². The Labute approximate surface area is 160 Å². The van der Waals surface area contributed by atoms with Crippen molar-refractivity contribution in [3.63, 3.8) is 0 Å². The number of thiophene rings is 1. The quantitative estimate of drug-likeness (QED) is 0.629. The highest BCUT2D eigenvalue weighted by Crippen LogP contribution is 2.22. The van der Waals surface area contributed by atoms with Crippen LogP contribution in [0.15, 0.2) is 48.8 Å². The number of hydrogen-bond acceptors (Lipinski definition) is 4. The Balaban J connectivity index is 1.71. The molecule has 7 heteroatoms. The molecule has 0 aliphatic rings. The zero-order valence-corrected chi connectivity index (χ0v) is 15.9. The van der Waals surface area contributed by atoms with Crippen LogP contribution in [0.5, 0.6) is 0 Å². The van der Waals surface area contributed by atoms with Gasteiger partial charge in [0.15, 0.2) is 5.78 Å². The largest absolute Gasteiger partial charge is 0.342 e. The molecule has 0 fully saturated rings. The second-order valence-corrected chi connectivity index (χ2v) is 7.57. The molecule has 0 aliphatic carbocycles. The maximum Gasteiger partial charge on any atom is 0.221 e. The van der Waals surface area contributed by atoms with Gasteiger partial charge in [-0.2, -0.15) is 0 Å². The number of nitrogens with zero attached hydrogens (tertiary/aromatic N) is 2. The van der Waals surface area contributed by atoms with E-state index in [2.05, 4.69) is 10.3 Å². The van der Waals surface area contributed by atoms with E-state index in [9.17, 15) is 14.0 Å². The van der Waals surface area contributed by atoms with E-state index in [1.165, 1.54) is 23.5 Å². The highest BCUT2D eigenvalue weighted by Gasteiger charge is 2.21. The van der Waals surface area contributed by atoms with Crippen molar-refractivity contribution in [2.75, 3.05) is 0 Å². The molecule has 3 rings (SSSR count). The summed E-state index contributed by atoms with van der Waals surface area (Å²) in [6, 6.07) is 9.13. The van der Waals surface area contributed by atoms with Crippen LogP contribution in [0.1, 0.15) is 44.8 Å². The molecule has 5 nitrogen and oxygen atoms in total. The van der Waals surface area contributed by atoms with Crippen LogP contribution >= 0.6 is 11.3 Å². The van der Waals surface area contributed by atoms with Crippen LogP contribution in [-0.4, -0.2) is 21.2 Å². The zero-order chi connectivity index (χ0) is 19.4. The number of carbonyl (C=O) groups excluding carboxylic acids is 2. The number of nitrogens with one attached hydrogen (secondary N) is 1. The summed E-state index contributed by atoms with van der Waals surface area (Å²) in [4.78, 5) is 30.7. The third-order valence-electron chi connectivity index (χ3n) is 4.20.